The summed E-state index contributed by atoms with van der Waals surface area (Å²) in [6.45, 7) is 3.12. The summed E-state index contributed by atoms with van der Waals surface area (Å²) in [5.41, 5.74) is 0.923. The highest BCUT2D eigenvalue weighted by atomic mass is 16.5. The topological polar surface area (TPSA) is 48.7 Å². The van der Waals surface area contributed by atoms with Gasteiger partial charge in [0.25, 0.3) is 0 Å². The van der Waals surface area contributed by atoms with Crippen LogP contribution in [-0.4, -0.2) is 12.6 Å². The van der Waals surface area contributed by atoms with E-state index in [-0.39, 0.29) is 6.61 Å². The monoisotopic (exact) mass is 356 g/mol. The number of unbranched alkanes of at least 4 members (excludes halogenated alkanes) is 5. The standard InChI is InChI=1S/C22H28O4/c1-2-3-4-5-6-7-16-24-20-13-10-19(11-14-20)12-15-22(23)26-18-21-9-8-17-25-21/h8-15,17H,2-7,16,18H2,1H3. The molecular formula is C22H28O4. The van der Waals surface area contributed by atoms with Crippen LogP contribution < -0.4 is 4.74 Å². The maximum absolute atomic E-state index is 11.7. The third-order valence-electron chi connectivity index (χ3n) is 4.00. The Morgan fingerprint density at radius 1 is 1.04 bits per heavy atom. The van der Waals surface area contributed by atoms with Gasteiger partial charge in [0.2, 0.25) is 0 Å². The second-order valence-electron chi connectivity index (χ2n) is 6.21. The zero-order chi connectivity index (χ0) is 18.5. The van der Waals surface area contributed by atoms with Gasteiger partial charge in [0.05, 0.1) is 12.9 Å². The summed E-state index contributed by atoms with van der Waals surface area (Å²) in [5, 5.41) is 0. The van der Waals surface area contributed by atoms with Gasteiger partial charge in [-0.1, -0.05) is 51.2 Å². The summed E-state index contributed by atoms with van der Waals surface area (Å²) in [6.07, 6.45) is 12.2. The molecule has 0 spiro atoms. The van der Waals surface area contributed by atoms with Crippen molar-refractivity contribution in [3.05, 3.63) is 60.1 Å². The van der Waals surface area contributed by atoms with Crippen molar-refractivity contribution in [3.63, 3.8) is 0 Å². The van der Waals surface area contributed by atoms with Crippen LogP contribution >= 0.6 is 0 Å². The molecule has 1 heterocycles. The molecule has 140 valence electrons. The van der Waals surface area contributed by atoms with Gasteiger partial charge in [0.15, 0.2) is 0 Å². The summed E-state index contributed by atoms with van der Waals surface area (Å²) >= 11 is 0. The first-order valence-electron chi connectivity index (χ1n) is 9.38. The highest BCUT2D eigenvalue weighted by Crippen LogP contribution is 2.14. The largest absolute Gasteiger partial charge is 0.494 e. The van der Waals surface area contributed by atoms with Gasteiger partial charge in [-0.3, -0.25) is 0 Å². The predicted molar refractivity (Wildman–Crippen MR) is 103 cm³/mol. The Kier molecular flexibility index (Phi) is 9.12. The number of carbonyl (C=O) groups is 1. The van der Waals surface area contributed by atoms with E-state index in [2.05, 4.69) is 6.92 Å². The molecule has 0 bridgehead atoms. The molecule has 1 aromatic carbocycles. The molecule has 0 atom stereocenters. The number of ether oxygens (including phenoxy) is 2. The van der Waals surface area contributed by atoms with Gasteiger partial charge in [-0.15, -0.1) is 0 Å². The first-order chi connectivity index (χ1) is 12.8. The molecule has 4 heteroatoms. The van der Waals surface area contributed by atoms with Crippen LogP contribution in [0.2, 0.25) is 0 Å². The van der Waals surface area contributed by atoms with Crippen LogP contribution in [0.4, 0.5) is 0 Å². The van der Waals surface area contributed by atoms with Crippen LogP contribution in [0.25, 0.3) is 6.08 Å². The fraction of sp³-hybridized carbons (Fsp3) is 0.409. The van der Waals surface area contributed by atoms with E-state index < -0.39 is 5.97 Å². The highest BCUT2D eigenvalue weighted by Gasteiger charge is 2.01. The van der Waals surface area contributed by atoms with Crippen LogP contribution in [-0.2, 0) is 16.1 Å². The van der Waals surface area contributed by atoms with E-state index in [4.69, 9.17) is 13.9 Å². The highest BCUT2D eigenvalue weighted by molar-refractivity contribution is 5.87. The molecule has 0 saturated heterocycles. The van der Waals surface area contributed by atoms with E-state index in [1.165, 1.54) is 38.2 Å². The quantitative estimate of drug-likeness (QED) is 0.275. The predicted octanol–water partition coefficient (Wildman–Crippen LogP) is 5.78. The smallest absolute Gasteiger partial charge is 0.331 e. The SMILES string of the molecule is CCCCCCCCOc1ccc(C=CC(=O)OCc2ccco2)cc1. The van der Waals surface area contributed by atoms with Crippen LogP contribution in [0, 0.1) is 0 Å². The lowest BCUT2D eigenvalue weighted by Gasteiger charge is -2.06. The Hall–Kier alpha value is -2.49. The Labute approximate surface area is 155 Å². The van der Waals surface area contributed by atoms with E-state index in [0.29, 0.717) is 5.76 Å². The number of hydrogen-bond acceptors (Lipinski definition) is 4. The summed E-state index contributed by atoms with van der Waals surface area (Å²) < 4.78 is 15.9. The second-order valence-corrected chi connectivity index (χ2v) is 6.21. The van der Waals surface area contributed by atoms with E-state index in [9.17, 15) is 4.79 Å². The molecule has 0 unspecified atom stereocenters. The Morgan fingerprint density at radius 3 is 2.54 bits per heavy atom. The molecule has 0 amide bonds. The Morgan fingerprint density at radius 2 is 1.81 bits per heavy atom. The Bertz CT molecular complexity index is 641. The van der Waals surface area contributed by atoms with Crippen LogP contribution in [0.5, 0.6) is 5.75 Å². The number of esters is 1. The van der Waals surface area contributed by atoms with E-state index in [0.717, 1.165) is 24.3 Å². The number of furan rings is 1. The molecule has 0 aliphatic carbocycles. The van der Waals surface area contributed by atoms with Gasteiger partial charge in [-0.25, -0.2) is 4.79 Å². The van der Waals surface area contributed by atoms with Gasteiger partial charge in [-0.05, 0) is 42.3 Å². The molecular weight excluding hydrogens is 328 g/mol. The van der Waals surface area contributed by atoms with E-state index >= 15 is 0 Å². The van der Waals surface area contributed by atoms with Gasteiger partial charge < -0.3 is 13.9 Å². The Balaban J connectivity index is 1.64. The van der Waals surface area contributed by atoms with Crippen LogP contribution in [0.15, 0.2) is 53.2 Å². The zero-order valence-electron chi connectivity index (χ0n) is 15.5. The molecule has 0 saturated carbocycles. The number of carbonyl (C=O) groups excluding carboxylic acids is 1. The van der Waals surface area contributed by atoms with Crippen LogP contribution in [0.3, 0.4) is 0 Å². The number of rotatable bonds is 12. The average molecular weight is 356 g/mol. The lowest BCUT2D eigenvalue weighted by molar-refractivity contribution is -0.139. The van der Waals surface area contributed by atoms with Crippen molar-refractivity contribution < 1.29 is 18.7 Å². The summed E-state index contributed by atoms with van der Waals surface area (Å²) in [7, 11) is 0. The van der Waals surface area contributed by atoms with Gasteiger partial charge in [0.1, 0.15) is 18.1 Å². The summed E-state index contributed by atoms with van der Waals surface area (Å²) in [4.78, 5) is 11.7. The molecule has 2 aromatic rings. The van der Waals surface area contributed by atoms with Crippen molar-refractivity contribution in [2.45, 2.75) is 52.1 Å². The number of benzene rings is 1. The first kappa shape index (κ1) is 19.8. The molecule has 2 rings (SSSR count). The third-order valence-corrected chi connectivity index (χ3v) is 4.00. The van der Waals surface area contributed by atoms with Crippen molar-refractivity contribution in [3.8, 4) is 5.75 Å². The van der Waals surface area contributed by atoms with Gasteiger partial charge >= 0.3 is 5.97 Å². The fourth-order valence-corrected chi connectivity index (χ4v) is 2.50. The minimum atomic E-state index is -0.398. The second kappa shape index (κ2) is 12.0. The molecule has 26 heavy (non-hydrogen) atoms. The zero-order valence-corrected chi connectivity index (χ0v) is 15.5. The van der Waals surface area contributed by atoms with Crippen molar-refractivity contribution in [2.24, 2.45) is 0 Å². The molecule has 1 aromatic heterocycles. The minimum Gasteiger partial charge on any atom is -0.494 e. The average Bonchev–Trinajstić information content (AvgIpc) is 3.18. The van der Waals surface area contributed by atoms with Gasteiger partial charge in [0, 0.05) is 6.08 Å². The molecule has 0 N–H and O–H groups in total. The molecule has 0 aliphatic rings. The normalized spacial score (nSPS) is 11.0. The summed E-state index contributed by atoms with van der Waals surface area (Å²) in [5.74, 6) is 1.08. The van der Waals surface area contributed by atoms with Crippen molar-refractivity contribution in [1.29, 1.82) is 0 Å². The summed E-state index contributed by atoms with van der Waals surface area (Å²) in [6, 6.07) is 11.2. The molecule has 0 radical (unpaired) electrons. The van der Waals surface area contributed by atoms with Gasteiger partial charge in [-0.2, -0.15) is 0 Å². The first-order valence-corrected chi connectivity index (χ1v) is 9.38. The number of hydrogen-bond donors (Lipinski definition) is 0. The maximum atomic E-state index is 11.7. The van der Waals surface area contributed by atoms with Crippen molar-refractivity contribution in [1.82, 2.24) is 0 Å². The van der Waals surface area contributed by atoms with E-state index in [1.54, 1.807) is 24.5 Å². The lowest BCUT2D eigenvalue weighted by atomic mass is 10.1. The molecule has 4 nitrogen and oxygen atoms in total. The lowest BCUT2D eigenvalue weighted by Crippen LogP contribution is -1.99. The molecule has 0 aliphatic heterocycles. The van der Waals surface area contributed by atoms with E-state index in [1.807, 2.05) is 24.3 Å². The third kappa shape index (κ3) is 8.06. The maximum Gasteiger partial charge on any atom is 0.331 e. The minimum absolute atomic E-state index is 0.140. The fourth-order valence-electron chi connectivity index (χ4n) is 2.50. The molecule has 0 fully saturated rings. The van der Waals surface area contributed by atoms with Crippen LogP contribution in [0.1, 0.15) is 56.8 Å². The van der Waals surface area contributed by atoms with Crippen molar-refractivity contribution in [2.75, 3.05) is 6.61 Å². The van der Waals surface area contributed by atoms with Crippen molar-refractivity contribution >= 4 is 12.0 Å².